The van der Waals surface area contributed by atoms with Crippen molar-refractivity contribution >= 4 is 0 Å². The van der Waals surface area contributed by atoms with Crippen LogP contribution in [-0.4, -0.2) is 135 Å². The van der Waals surface area contributed by atoms with Gasteiger partial charge in [-0.25, -0.2) is 0 Å². The molecule has 0 spiro atoms. The fraction of sp³-hybridized carbons (Fsp3) is 1.00. The zero-order valence-electron chi connectivity index (χ0n) is 24.5. The van der Waals surface area contributed by atoms with Gasteiger partial charge in [-0.1, -0.05) is 0 Å². The second kappa shape index (κ2) is 14.3. The van der Waals surface area contributed by atoms with Crippen molar-refractivity contribution in [1.29, 1.82) is 0 Å². The van der Waals surface area contributed by atoms with Crippen LogP contribution in [0.3, 0.4) is 0 Å². The van der Waals surface area contributed by atoms with E-state index in [-0.39, 0.29) is 30.8 Å². The maximum atomic E-state index is 10.4. The predicted octanol–water partition coefficient (Wildman–Crippen LogP) is 0.441. The molecule has 0 aromatic rings. The van der Waals surface area contributed by atoms with Crippen LogP contribution in [0.4, 0.5) is 0 Å². The summed E-state index contributed by atoms with van der Waals surface area (Å²) in [6.07, 6.45) is -7.51. The minimum atomic E-state index is -1.02. The highest BCUT2D eigenvalue weighted by molar-refractivity contribution is 4.90. The van der Waals surface area contributed by atoms with Crippen molar-refractivity contribution in [3.63, 3.8) is 0 Å². The second-order valence-corrected chi connectivity index (χ2v) is 11.2. The molecule has 0 bridgehead atoms. The highest BCUT2D eigenvalue weighted by Gasteiger charge is 2.47. The van der Waals surface area contributed by atoms with Gasteiger partial charge >= 0.3 is 0 Å². The van der Waals surface area contributed by atoms with Gasteiger partial charge in [-0.3, -0.25) is 0 Å². The number of rotatable bonds is 9. The van der Waals surface area contributed by atoms with E-state index in [1.807, 2.05) is 13.8 Å². The maximum Gasteiger partial charge on any atom is 0.161 e. The fourth-order valence-electron chi connectivity index (χ4n) is 6.12. The molecule has 4 rings (SSSR count). The summed E-state index contributed by atoms with van der Waals surface area (Å²) in [7, 11) is 4.79. The number of ether oxygens (including phenoxy) is 10. The van der Waals surface area contributed by atoms with Gasteiger partial charge in [0.1, 0.15) is 24.4 Å². The molecule has 234 valence electrons. The van der Waals surface area contributed by atoms with Crippen molar-refractivity contribution in [2.24, 2.45) is 0 Å². The molecule has 4 aliphatic rings. The molecule has 13 heteroatoms. The molecule has 0 saturated carbocycles. The molecule has 0 aromatic heterocycles. The van der Waals surface area contributed by atoms with Crippen LogP contribution < -0.4 is 0 Å². The van der Waals surface area contributed by atoms with Crippen LogP contribution in [0.1, 0.15) is 53.4 Å². The molecule has 0 radical (unpaired) electrons. The first-order valence-electron chi connectivity index (χ1n) is 14.2. The molecule has 0 aromatic carbocycles. The Kier molecular flexibility index (Phi) is 11.6. The van der Waals surface area contributed by atoms with Crippen LogP contribution in [0.25, 0.3) is 0 Å². The zero-order valence-corrected chi connectivity index (χ0v) is 24.5. The SMILES string of the molecule is CO[C@H]1C[C@H](O[C@@H]2[C@@H](C)O[C@@H](O[C@H]3[C@@H](O)CC(O)O[C@@H]3C)C[C@H]2OC)O[C@H](C)[C@H]1O[C@H]1C[C@@H](OC)[C@H](O)[C@@H](C)O1. The predicted molar refractivity (Wildman–Crippen MR) is 137 cm³/mol. The molecule has 16 atom stereocenters. The molecular formula is C27H48O13. The van der Waals surface area contributed by atoms with E-state index in [4.69, 9.17) is 47.4 Å². The van der Waals surface area contributed by atoms with Gasteiger partial charge in [0.05, 0.1) is 48.8 Å². The van der Waals surface area contributed by atoms with Gasteiger partial charge in [-0.05, 0) is 27.7 Å². The van der Waals surface area contributed by atoms with E-state index in [2.05, 4.69) is 0 Å². The van der Waals surface area contributed by atoms with E-state index in [1.165, 1.54) is 0 Å². The summed E-state index contributed by atoms with van der Waals surface area (Å²) in [6, 6.07) is 0. The van der Waals surface area contributed by atoms with E-state index in [0.29, 0.717) is 19.3 Å². The lowest BCUT2D eigenvalue weighted by Gasteiger charge is -2.46. The monoisotopic (exact) mass is 580 g/mol. The van der Waals surface area contributed by atoms with Gasteiger partial charge in [0.2, 0.25) is 0 Å². The Hall–Kier alpha value is -0.520. The second-order valence-electron chi connectivity index (χ2n) is 11.2. The molecule has 40 heavy (non-hydrogen) atoms. The average molecular weight is 581 g/mol. The van der Waals surface area contributed by atoms with E-state index in [9.17, 15) is 15.3 Å². The van der Waals surface area contributed by atoms with Crippen molar-refractivity contribution in [2.45, 2.75) is 152 Å². The van der Waals surface area contributed by atoms with Crippen molar-refractivity contribution in [1.82, 2.24) is 0 Å². The van der Waals surface area contributed by atoms with Gasteiger partial charge in [0.15, 0.2) is 25.2 Å². The number of aliphatic hydroxyl groups excluding tert-OH is 3. The quantitative estimate of drug-likeness (QED) is 0.346. The standard InChI is InChI=1S/C27H48O13/c1-12-24(30)17(31-5)9-21(35-12)39-26-15(4)37-23(11-19(26)33-7)40-27-14(3)36-22(10-18(27)32-6)38-25-13(2)34-20(29)8-16(25)28/h12-30H,8-11H2,1-7H3/t12-,13-,14-,15-,16+,17-,18-,19+,20?,21+,22+,23+,24-,25-,26-,27-/m1/s1. The van der Waals surface area contributed by atoms with Crippen LogP contribution in [0, 0.1) is 0 Å². The van der Waals surface area contributed by atoms with Crippen molar-refractivity contribution in [3.8, 4) is 0 Å². The maximum absolute atomic E-state index is 10.4. The Balaban J connectivity index is 1.33. The lowest BCUT2D eigenvalue weighted by atomic mass is 9.99. The number of aliphatic hydroxyl groups is 3. The smallest absolute Gasteiger partial charge is 0.161 e. The third kappa shape index (κ3) is 7.51. The molecule has 4 fully saturated rings. The Morgan fingerprint density at radius 3 is 1.35 bits per heavy atom. The molecule has 1 unspecified atom stereocenters. The lowest BCUT2D eigenvalue weighted by molar-refractivity contribution is -0.344. The van der Waals surface area contributed by atoms with Crippen molar-refractivity contribution in [2.75, 3.05) is 21.3 Å². The van der Waals surface area contributed by atoms with Crippen LogP contribution in [0.5, 0.6) is 0 Å². The van der Waals surface area contributed by atoms with Gasteiger partial charge in [0.25, 0.3) is 0 Å². The first-order chi connectivity index (χ1) is 19.0. The Bertz CT molecular complexity index is 763. The highest BCUT2D eigenvalue weighted by Crippen LogP contribution is 2.34. The summed E-state index contributed by atoms with van der Waals surface area (Å²) in [4.78, 5) is 0. The summed E-state index contributed by atoms with van der Waals surface area (Å²) in [6.45, 7) is 7.31. The summed E-state index contributed by atoms with van der Waals surface area (Å²) < 4.78 is 59.3. The first-order valence-corrected chi connectivity index (χ1v) is 14.2. The third-order valence-electron chi connectivity index (χ3n) is 8.39. The third-order valence-corrected chi connectivity index (χ3v) is 8.39. The lowest BCUT2D eigenvalue weighted by Crippen LogP contribution is -2.57. The molecular weight excluding hydrogens is 532 g/mol. The Morgan fingerprint density at radius 1 is 0.500 bits per heavy atom. The summed E-state index contributed by atoms with van der Waals surface area (Å²) >= 11 is 0. The summed E-state index contributed by atoms with van der Waals surface area (Å²) in [5.41, 5.74) is 0. The number of hydrogen-bond donors (Lipinski definition) is 3. The van der Waals surface area contributed by atoms with Crippen LogP contribution in [0.2, 0.25) is 0 Å². The molecule has 4 saturated heterocycles. The molecule has 4 heterocycles. The molecule has 0 aliphatic carbocycles. The summed E-state index contributed by atoms with van der Waals surface area (Å²) in [5.74, 6) is 0. The van der Waals surface area contributed by atoms with Crippen LogP contribution >= 0.6 is 0 Å². The Labute approximate surface area is 236 Å². The molecule has 0 amide bonds. The highest BCUT2D eigenvalue weighted by atomic mass is 16.8. The average Bonchev–Trinajstić information content (AvgIpc) is 2.90. The zero-order chi connectivity index (χ0) is 29.1. The minimum Gasteiger partial charge on any atom is -0.390 e. The minimum absolute atomic E-state index is 0.0696. The van der Waals surface area contributed by atoms with Crippen LogP contribution in [0.15, 0.2) is 0 Å². The van der Waals surface area contributed by atoms with Gasteiger partial charge in [-0.15, -0.1) is 0 Å². The molecule has 4 aliphatic heterocycles. The first kappa shape index (κ1) is 32.4. The van der Waals surface area contributed by atoms with Crippen molar-refractivity contribution < 1.29 is 62.7 Å². The largest absolute Gasteiger partial charge is 0.390 e. The molecule has 3 N–H and O–H groups in total. The van der Waals surface area contributed by atoms with Gasteiger partial charge in [-0.2, -0.15) is 0 Å². The van der Waals surface area contributed by atoms with E-state index in [1.54, 1.807) is 35.2 Å². The van der Waals surface area contributed by atoms with Gasteiger partial charge in [0, 0.05) is 47.0 Å². The van der Waals surface area contributed by atoms with E-state index >= 15 is 0 Å². The summed E-state index contributed by atoms with van der Waals surface area (Å²) in [5, 5.41) is 30.4. The number of hydrogen-bond acceptors (Lipinski definition) is 13. The van der Waals surface area contributed by atoms with Crippen molar-refractivity contribution in [3.05, 3.63) is 0 Å². The van der Waals surface area contributed by atoms with E-state index in [0.717, 1.165) is 0 Å². The fourth-order valence-corrected chi connectivity index (χ4v) is 6.12. The number of methoxy groups -OCH3 is 3. The van der Waals surface area contributed by atoms with Gasteiger partial charge < -0.3 is 62.7 Å². The van der Waals surface area contributed by atoms with Crippen LogP contribution in [-0.2, 0) is 47.4 Å². The van der Waals surface area contributed by atoms with E-state index < -0.39 is 74.0 Å². The molecule has 13 nitrogen and oxygen atoms in total. The Morgan fingerprint density at radius 2 is 0.900 bits per heavy atom. The topological polar surface area (TPSA) is 153 Å². The normalized spacial score (nSPS) is 50.5.